The number of fused-ring (bicyclic) bond motifs is 1. The molecule has 0 saturated carbocycles. The van der Waals surface area contributed by atoms with Crippen LogP contribution in [0.1, 0.15) is 25.3 Å². The van der Waals surface area contributed by atoms with E-state index in [0.29, 0.717) is 5.92 Å². The maximum atomic E-state index is 5.43. The summed E-state index contributed by atoms with van der Waals surface area (Å²) in [5.41, 5.74) is 4.76. The minimum atomic E-state index is 0. The van der Waals surface area contributed by atoms with Gasteiger partial charge in [-0.3, -0.25) is 0 Å². The summed E-state index contributed by atoms with van der Waals surface area (Å²) in [4.78, 5) is 3.55. The van der Waals surface area contributed by atoms with Gasteiger partial charge in [0.2, 0.25) is 0 Å². The first-order chi connectivity index (χ1) is 10.7. The van der Waals surface area contributed by atoms with Crippen LogP contribution in [0.5, 0.6) is 11.5 Å². The molecule has 3 nitrogen and oxygen atoms in total. The van der Waals surface area contributed by atoms with E-state index in [4.69, 9.17) is 9.47 Å². The quantitative estimate of drug-likeness (QED) is 0.630. The third-order valence-corrected chi connectivity index (χ3v) is 4.00. The number of hydrogen-bond donors (Lipinski definition) is 1. The summed E-state index contributed by atoms with van der Waals surface area (Å²) in [6.07, 6.45) is 0. The summed E-state index contributed by atoms with van der Waals surface area (Å²) in [6.45, 7) is 4.44. The van der Waals surface area contributed by atoms with Crippen LogP contribution in [0.2, 0.25) is 0 Å². The van der Waals surface area contributed by atoms with Crippen LogP contribution in [0.4, 0.5) is 0 Å². The summed E-state index contributed by atoms with van der Waals surface area (Å²) in [5.74, 6) is 1.92. The molecule has 0 aliphatic heterocycles. The second-order valence-corrected chi connectivity index (χ2v) is 5.68. The molecule has 0 bridgehead atoms. The fraction of sp³-hybridized carbons (Fsp3) is 0.263. The van der Waals surface area contributed by atoms with Crippen molar-refractivity contribution in [2.45, 2.75) is 19.8 Å². The van der Waals surface area contributed by atoms with Crippen molar-refractivity contribution in [3.8, 4) is 22.8 Å². The van der Waals surface area contributed by atoms with Gasteiger partial charge in [0.1, 0.15) is 0 Å². The molecule has 3 aromatic rings. The first-order valence-corrected chi connectivity index (χ1v) is 7.48. The highest BCUT2D eigenvalue weighted by Crippen LogP contribution is 2.38. The Bertz CT molecular complexity index is 812. The van der Waals surface area contributed by atoms with Gasteiger partial charge in [-0.15, -0.1) is 24.8 Å². The number of nitrogens with one attached hydrogen (secondary N) is 1. The molecule has 0 spiro atoms. The summed E-state index contributed by atoms with van der Waals surface area (Å²) in [6, 6.07) is 14.5. The Morgan fingerprint density at radius 2 is 1.54 bits per heavy atom. The number of halogens is 2. The fourth-order valence-electron chi connectivity index (χ4n) is 2.98. The molecule has 0 fully saturated rings. The summed E-state index contributed by atoms with van der Waals surface area (Å²) < 4.78 is 10.8. The lowest BCUT2D eigenvalue weighted by molar-refractivity contribution is 0.355. The van der Waals surface area contributed by atoms with E-state index >= 15 is 0 Å². The minimum absolute atomic E-state index is 0. The van der Waals surface area contributed by atoms with E-state index in [0.717, 1.165) is 28.3 Å². The Morgan fingerprint density at radius 1 is 0.875 bits per heavy atom. The first kappa shape index (κ1) is 20.2. The number of aromatic nitrogens is 1. The lowest BCUT2D eigenvalue weighted by Gasteiger charge is -2.12. The van der Waals surface area contributed by atoms with E-state index in [1.165, 1.54) is 10.9 Å². The van der Waals surface area contributed by atoms with Gasteiger partial charge in [0.15, 0.2) is 11.5 Å². The Labute approximate surface area is 155 Å². The van der Waals surface area contributed by atoms with E-state index in [9.17, 15) is 0 Å². The Balaban J connectivity index is 0.00000144. The molecule has 0 aliphatic carbocycles. The highest BCUT2D eigenvalue weighted by Gasteiger charge is 2.17. The maximum Gasteiger partial charge on any atom is 0.161 e. The van der Waals surface area contributed by atoms with Crippen molar-refractivity contribution in [2.75, 3.05) is 14.2 Å². The molecule has 3 rings (SSSR count). The van der Waals surface area contributed by atoms with Crippen molar-refractivity contribution in [3.63, 3.8) is 0 Å². The van der Waals surface area contributed by atoms with Crippen molar-refractivity contribution in [2.24, 2.45) is 0 Å². The van der Waals surface area contributed by atoms with Crippen molar-refractivity contribution in [1.29, 1.82) is 0 Å². The van der Waals surface area contributed by atoms with E-state index in [2.05, 4.69) is 49.2 Å². The number of ether oxygens (including phenoxy) is 2. The molecule has 0 atom stereocenters. The Morgan fingerprint density at radius 3 is 2.17 bits per heavy atom. The summed E-state index contributed by atoms with van der Waals surface area (Å²) in [7, 11) is 3.32. The standard InChI is InChI=1S/C19H21NO2.2ClH/c1-12(2)18-14-7-5-6-8-15(14)20-19(18)13-9-10-16(21-3)17(11-13)22-4;;/h5-12,20H,1-4H3;2*1H. The van der Waals surface area contributed by atoms with Gasteiger partial charge in [-0.1, -0.05) is 32.0 Å². The van der Waals surface area contributed by atoms with Gasteiger partial charge >= 0.3 is 0 Å². The van der Waals surface area contributed by atoms with Crippen molar-refractivity contribution >= 4 is 35.7 Å². The molecule has 2 aromatic carbocycles. The zero-order chi connectivity index (χ0) is 15.7. The van der Waals surface area contributed by atoms with E-state index in [-0.39, 0.29) is 24.8 Å². The van der Waals surface area contributed by atoms with Crippen molar-refractivity contribution in [3.05, 3.63) is 48.0 Å². The number of H-pyrrole nitrogens is 1. The molecule has 130 valence electrons. The fourth-order valence-corrected chi connectivity index (χ4v) is 2.98. The smallest absolute Gasteiger partial charge is 0.161 e. The maximum absolute atomic E-state index is 5.43. The van der Waals surface area contributed by atoms with Gasteiger partial charge in [0.05, 0.1) is 19.9 Å². The van der Waals surface area contributed by atoms with E-state index in [1.54, 1.807) is 14.2 Å². The van der Waals surface area contributed by atoms with Crippen molar-refractivity contribution < 1.29 is 9.47 Å². The number of para-hydroxylation sites is 1. The molecule has 0 radical (unpaired) electrons. The largest absolute Gasteiger partial charge is 0.493 e. The van der Waals surface area contributed by atoms with Crippen LogP contribution in [0.15, 0.2) is 42.5 Å². The van der Waals surface area contributed by atoms with Crippen LogP contribution in [-0.2, 0) is 0 Å². The van der Waals surface area contributed by atoms with Gasteiger partial charge in [-0.05, 0) is 35.7 Å². The molecular formula is C19H23Cl2NO2. The lowest BCUT2D eigenvalue weighted by atomic mass is 9.96. The summed E-state index contributed by atoms with van der Waals surface area (Å²) >= 11 is 0. The first-order valence-electron chi connectivity index (χ1n) is 7.48. The molecule has 1 N–H and O–H groups in total. The Kier molecular flexibility index (Phi) is 7.00. The number of hydrogen-bond acceptors (Lipinski definition) is 2. The van der Waals surface area contributed by atoms with E-state index < -0.39 is 0 Å². The molecule has 0 saturated heterocycles. The molecule has 0 amide bonds. The number of methoxy groups -OCH3 is 2. The third-order valence-electron chi connectivity index (χ3n) is 4.00. The van der Waals surface area contributed by atoms with Crippen LogP contribution in [0.3, 0.4) is 0 Å². The van der Waals surface area contributed by atoms with Crippen LogP contribution in [-0.4, -0.2) is 19.2 Å². The SMILES string of the molecule is COc1ccc(-c2[nH]c3ccccc3c2C(C)C)cc1OC.Cl.Cl. The van der Waals surface area contributed by atoms with Gasteiger partial charge in [-0.25, -0.2) is 0 Å². The molecule has 5 heteroatoms. The third kappa shape index (κ3) is 3.47. The predicted octanol–water partition coefficient (Wildman–Crippen LogP) is 5.82. The normalized spacial score (nSPS) is 10.2. The van der Waals surface area contributed by atoms with Crippen molar-refractivity contribution in [1.82, 2.24) is 4.98 Å². The van der Waals surface area contributed by atoms with Gasteiger partial charge in [-0.2, -0.15) is 0 Å². The average Bonchev–Trinajstić information content (AvgIpc) is 2.93. The highest BCUT2D eigenvalue weighted by atomic mass is 35.5. The van der Waals surface area contributed by atoms with Crippen LogP contribution >= 0.6 is 24.8 Å². The monoisotopic (exact) mass is 367 g/mol. The zero-order valence-electron chi connectivity index (χ0n) is 14.3. The molecule has 0 aliphatic rings. The zero-order valence-corrected chi connectivity index (χ0v) is 15.9. The number of aromatic amines is 1. The molecular weight excluding hydrogens is 345 g/mol. The molecule has 1 heterocycles. The van der Waals surface area contributed by atoms with Gasteiger partial charge in [0.25, 0.3) is 0 Å². The minimum Gasteiger partial charge on any atom is -0.493 e. The predicted molar refractivity (Wildman–Crippen MR) is 105 cm³/mol. The molecule has 0 unspecified atom stereocenters. The number of benzene rings is 2. The van der Waals surface area contributed by atoms with E-state index in [1.807, 2.05) is 12.1 Å². The topological polar surface area (TPSA) is 34.2 Å². The molecule has 1 aromatic heterocycles. The van der Waals surface area contributed by atoms with Gasteiger partial charge < -0.3 is 14.5 Å². The summed E-state index contributed by atoms with van der Waals surface area (Å²) in [5, 5.41) is 1.28. The molecule has 24 heavy (non-hydrogen) atoms. The van der Waals surface area contributed by atoms with Crippen LogP contribution < -0.4 is 9.47 Å². The highest BCUT2D eigenvalue weighted by molar-refractivity contribution is 5.91. The van der Waals surface area contributed by atoms with Crippen LogP contribution in [0, 0.1) is 0 Å². The second-order valence-electron chi connectivity index (χ2n) is 5.68. The van der Waals surface area contributed by atoms with Crippen LogP contribution in [0.25, 0.3) is 22.2 Å². The second kappa shape index (κ2) is 8.32. The number of rotatable bonds is 4. The lowest BCUT2D eigenvalue weighted by Crippen LogP contribution is -1.93. The Hall–Kier alpha value is -1.84. The average molecular weight is 368 g/mol. The van der Waals surface area contributed by atoms with Gasteiger partial charge in [0, 0.05) is 16.5 Å².